The molecule has 2 rings (SSSR count). The van der Waals surface area contributed by atoms with E-state index in [9.17, 15) is 4.79 Å². The van der Waals surface area contributed by atoms with E-state index < -0.39 is 0 Å². The molecule has 7 nitrogen and oxygen atoms in total. The van der Waals surface area contributed by atoms with E-state index in [4.69, 9.17) is 15.6 Å². The van der Waals surface area contributed by atoms with Crippen molar-refractivity contribution < 1.29 is 14.6 Å². The molecule has 16 heavy (non-hydrogen) atoms. The molecule has 88 valence electrons. The van der Waals surface area contributed by atoms with E-state index in [1.54, 1.807) is 4.90 Å². The zero-order valence-electron chi connectivity index (χ0n) is 8.72. The smallest absolute Gasteiger partial charge is 0.259 e. The Bertz CT molecular complexity index is 379. The summed E-state index contributed by atoms with van der Waals surface area (Å²) in [5.74, 6) is 0.0741. The van der Waals surface area contributed by atoms with Crippen LogP contribution in [0.1, 0.15) is 10.4 Å². The van der Waals surface area contributed by atoms with Gasteiger partial charge in [0, 0.05) is 13.1 Å². The molecule has 0 spiro atoms. The van der Waals surface area contributed by atoms with Crippen molar-refractivity contribution in [2.24, 2.45) is 0 Å². The molecule has 1 saturated heterocycles. The molecular weight excluding hydrogens is 212 g/mol. The Balaban J connectivity index is 2.07. The van der Waals surface area contributed by atoms with Gasteiger partial charge in [-0.05, 0) is 0 Å². The molecule has 0 aliphatic carbocycles. The first-order valence-electron chi connectivity index (χ1n) is 5.03. The second kappa shape index (κ2) is 4.50. The highest BCUT2D eigenvalue weighted by atomic mass is 16.5. The number of rotatable bonds is 2. The van der Waals surface area contributed by atoms with E-state index in [1.165, 1.54) is 6.20 Å². The van der Waals surface area contributed by atoms with E-state index >= 15 is 0 Å². The number of aromatic nitrogens is 2. The third kappa shape index (κ3) is 2.00. The van der Waals surface area contributed by atoms with Gasteiger partial charge >= 0.3 is 0 Å². The lowest BCUT2D eigenvalue weighted by molar-refractivity contribution is -0.0447. The average molecular weight is 226 g/mol. The summed E-state index contributed by atoms with van der Waals surface area (Å²) >= 11 is 0. The van der Waals surface area contributed by atoms with Crippen LogP contribution in [0, 0.1) is 0 Å². The summed E-state index contributed by atoms with van der Waals surface area (Å²) in [6.07, 6.45) is 1.09. The molecule has 4 N–H and O–H groups in total. The third-order valence-electron chi connectivity index (χ3n) is 2.53. The van der Waals surface area contributed by atoms with Gasteiger partial charge in [0.15, 0.2) is 0 Å². The van der Waals surface area contributed by atoms with Crippen molar-refractivity contribution in [1.82, 2.24) is 15.1 Å². The summed E-state index contributed by atoms with van der Waals surface area (Å²) in [6.45, 7) is 1.21. The lowest BCUT2D eigenvalue weighted by Crippen LogP contribution is -2.46. The van der Waals surface area contributed by atoms with Crippen molar-refractivity contribution in [3.63, 3.8) is 0 Å². The summed E-state index contributed by atoms with van der Waals surface area (Å²) < 4.78 is 5.26. The molecule has 1 atom stereocenters. The van der Waals surface area contributed by atoms with Crippen molar-refractivity contribution >= 4 is 11.7 Å². The molecule has 0 aromatic carbocycles. The first-order valence-corrected chi connectivity index (χ1v) is 5.03. The standard InChI is InChI=1S/C9H14N4O3/c10-8-7(3-11-12-8)9(15)13-1-2-16-6(4-13)5-14/h3,6,14H,1-2,4-5H2,(H3,10,11,12). The van der Waals surface area contributed by atoms with Crippen LogP contribution in [0.2, 0.25) is 0 Å². The Morgan fingerprint density at radius 2 is 2.62 bits per heavy atom. The average Bonchev–Trinajstić information content (AvgIpc) is 2.74. The number of H-pyrrole nitrogens is 1. The van der Waals surface area contributed by atoms with Gasteiger partial charge in [0.2, 0.25) is 0 Å². The summed E-state index contributed by atoms with van der Waals surface area (Å²) in [5, 5.41) is 15.2. The molecule has 1 aromatic rings. The minimum Gasteiger partial charge on any atom is -0.394 e. The number of nitrogens with zero attached hydrogens (tertiary/aromatic N) is 2. The Morgan fingerprint density at radius 1 is 1.81 bits per heavy atom. The highest BCUT2D eigenvalue weighted by molar-refractivity contribution is 5.98. The maximum Gasteiger partial charge on any atom is 0.259 e. The van der Waals surface area contributed by atoms with Crippen molar-refractivity contribution in [3.8, 4) is 0 Å². The molecule has 1 aromatic heterocycles. The second-order valence-electron chi connectivity index (χ2n) is 3.62. The number of anilines is 1. The van der Waals surface area contributed by atoms with E-state index in [2.05, 4.69) is 10.2 Å². The van der Waals surface area contributed by atoms with Crippen molar-refractivity contribution in [1.29, 1.82) is 0 Å². The molecule has 1 aliphatic rings. The Morgan fingerprint density at radius 3 is 3.25 bits per heavy atom. The van der Waals surface area contributed by atoms with Crippen LogP contribution in [0.4, 0.5) is 5.82 Å². The molecule has 2 heterocycles. The Kier molecular flexibility index (Phi) is 3.07. The number of aliphatic hydroxyl groups is 1. The molecule has 1 aliphatic heterocycles. The summed E-state index contributed by atoms with van der Waals surface area (Å²) in [7, 11) is 0. The number of aliphatic hydroxyl groups excluding tert-OH is 1. The number of hydrogen-bond donors (Lipinski definition) is 3. The van der Waals surface area contributed by atoms with E-state index in [0.29, 0.717) is 25.3 Å². The third-order valence-corrected chi connectivity index (χ3v) is 2.53. The number of hydrogen-bond acceptors (Lipinski definition) is 5. The first-order chi connectivity index (χ1) is 7.72. The molecular formula is C9H14N4O3. The van der Waals surface area contributed by atoms with Gasteiger partial charge in [-0.2, -0.15) is 5.10 Å². The van der Waals surface area contributed by atoms with Crippen LogP contribution < -0.4 is 5.73 Å². The quantitative estimate of drug-likeness (QED) is 0.589. The van der Waals surface area contributed by atoms with Crippen LogP contribution in [0.25, 0.3) is 0 Å². The molecule has 0 saturated carbocycles. The predicted molar refractivity (Wildman–Crippen MR) is 55.7 cm³/mol. The first kappa shape index (κ1) is 10.9. The Hall–Kier alpha value is -1.60. The minimum atomic E-state index is -0.314. The minimum absolute atomic E-state index is 0.0926. The number of nitrogens with one attached hydrogen (secondary N) is 1. The van der Waals surface area contributed by atoms with Crippen molar-refractivity contribution in [3.05, 3.63) is 11.8 Å². The van der Waals surface area contributed by atoms with Gasteiger partial charge in [-0.25, -0.2) is 0 Å². The fourth-order valence-corrected chi connectivity index (χ4v) is 1.65. The summed E-state index contributed by atoms with van der Waals surface area (Å²) in [5.41, 5.74) is 5.93. The molecule has 0 radical (unpaired) electrons. The maximum atomic E-state index is 12.0. The molecule has 1 amide bonds. The zero-order chi connectivity index (χ0) is 11.5. The fourth-order valence-electron chi connectivity index (χ4n) is 1.65. The van der Waals surface area contributed by atoms with Gasteiger partial charge in [-0.3, -0.25) is 9.89 Å². The van der Waals surface area contributed by atoms with Crippen LogP contribution >= 0.6 is 0 Å². The molecule has 1 unspecified atom stereocenters. The molecule has 1 fully saturated rings. The van der Waals surface area contributed by atoms with Gasteiger partial charge < -0.3 is 20.5 Å². The highest BCUT2D eigenvalue weighted by Gasteiger charge is 2.26. The number of aromatic amines is 1. The maximum absolute atomic E-state index is 12.0. The van der Waals surface area contributed by atoms with Crippen LogP contribution in [-0.2, 0) is 4.74 Å². The fraction of sp³-hybridized carbons (Fsp3) is 0.556. The van der Waals surface area contributed by atoms with Crippen LogP contribution in [0.3, 0.4) is 0 Å². The van der Waals surface area contributed by atoms with Crippen LogP contribution in [0.5, 0.6) is 0 Å². The predicted octanol–water partition coefficient (Wildman–Crippen LogP) is -1.17. The lowest BCUT2D eigenvalue weighted by atomic mass is 10.2. The summed E-state index contributed by atoms with van der Waals surface area (Å²) in [4.78, 5) is 13.6. The van der Waals surface area contributed by atoms with Crippen LogP contribution in [-0.4, -0.2) is 58.5 Å². The SMILES string of the molecule is Nc1[nH]ncc1C(=O)N1CCOC(CO)C1. The number of carbonyl (C=O) groups excluding carboxylic acids is 1. The highest BCUT2D eigenvalue weighted by Crippen LogP contribution is 2.13. The number of nitrogens with two attached hydrogens (primary N) is 1. The van der Waals surface area contributed by atoms with Crippen LogP contribution in [0.15, 0.2) is 6.20 Å². The van der Waals surface area contributed by atoms with Gasteiger partial charge in [0.05, 0.1) is 25.5 Å². The monoisotopic (exact) mass is 226 g/mol. The number of nitrogen functional groups attached to an aromatic ring is 1. The summed E-state index contributed by atoms with van der Waals surface area (Å²) in [6, 6.07) is 0. The second-order valence-corrected chi connectivity index (χ2v) is 3.62. The zero-order valence-corrected chi connectivity index (χ0v) is 8.72. The van der Waals surface area contributed by atoms with Gasteiger partial charge in [0.25, 0.3) is 5.91 Å². The van der Waals surface area contributed by atoms with E-state index in [1.807, 2.05) is 0 Å². The lowest BCUT2D eigenvalue weighted by Gasteiger charge is -2.31. The van der Waals surface area contributed by atoms with Gasteiger partial charge in [0.1, 0.15) is 11.4 Å². The number of amides is 1. The molecule has 7 heteroatoms. The normalized spacial score (nSPS) is 21.1. The van der Waals surface area contributed by atoms with E-state index in [-0.39, 0.29) is 24.4 Å². The van der Waals surface area contributed by atoms with E-state index in [0.717, 1.165) is 0 Å². The number of carbonyl (C=O) groups is 1. The Labute approximate surface area is 92.2 Å². The number of ether oxygens (including phenoxy) is 1. The topological polar surface area (TPSA) is 104 Å². The van der Waals surface area contributed by atoms with Gasteiger partial charge in [-0.15, -0.1) is 0 Å². The van der Waals surface area contributed by atoms with Crippen molar-refractivity contribution in [2.75, 3.05) is 32.0 Å². The van der Waals surface area contributed by atoms with Gasteiger partial charge in [-0.1, -0.05) is 0 Å². The number of morpholine rings is 1. The largest absolute Gasteiger partial charge is 0.394 e. The van der Waals surface area contributed by atoms with Crippen molar-refractivity contribution in [2.45, 2.75) is 6.10 Å². The molecule has 0 bridgehead atoms.